The lowest BCUT2D eigenvalue weighted by atomic mass is 9.63. The van der Waals surface area contributed by atoms with E-state index in [-0.39, 0.29) is 32.3 Å². The second-order valence-electron chi connectivity index (χ2n) is 11.4. The lowest BCUT2D eigenvalue weighted by Crippen LogP contribution is -2.61. The largest absolute Gasteiger partial charge is 0.458 e. The summed E-state index contributed by atoms with van der Waals surface area (Å²) in [5.41, 5.74) is -4.57. The standard InChI is InChI=1S/C27H38O8/c1-6-8-20(29)34-19-13-25(32)17(22-24(4,5)27(19,22)35-21(30)9-7-2)11-16(14-28)12-26(33)18(25)10-15(3)23(26)31/h10-11,17-19,22,28,32-33H,6-9,12-14H2,1-5H3/t17-,18-,19+,22+,25+,26+,27-/m0/s1. The second-order valence-corrected chi connectivity index (χ2v) is 11.4. The molecule has 2 saturated carbocycles. The second kappa shape index (κ2) is 8.53. The minimum absolute atomic E-state index is 0.101. The van der Waals surface area contributed by atoms with Crippen molar-refractivity contribution in [3.63, 3.8) is 0 Å². The van der Waals surface area contributed by atoms with Crippen LogP contribution in [0.4, 0.5) is 0 Å². The average Bonchev–Trinajstić information content (AvgIpc) is 3.20. The molecule has 0 saturated heterocycles. The van der Waals surface area contributed by atoms with Crippen molar-refractivity contribution in [3.8, 4) is 0 Å². The third kappa shape index (κ3) is 3.55. The number of esters is 2. The number of aliphatic hydroxyl groups excluding tert-OH is 1. The molecule has 0 aromatic rings. The Morgan fingerprint density at radius 2 is 1.71 bits per heavy atom. The maximum Gasteiger partial charge on any atom is 0.306 e. The summed E-state index contributed by atoms with van der Waals surface area (Å²) in [7, 11) is 0. The number of ketones is 1. The molecular formula is C27H38O8. The molecule has 35 heavy (non-hydrogen) atoms. The van der Waals surface area contributed by atoms with Gasteiger partial charge in [0, 0.05) is 48.9 Å². The topological polar surface area (TPSA) is 130 Å². The van der Waals surface area contributed by atoms with Crippen LogP contribution in [0, 0.1) is 23.2 Å². The van der Waals surface area contributed by atoms with Gasteiger partial charge in [-0.15, -0.1) is 0 Å². The number of hydrogen-bond donors (Lipinski definition) is 3. The molecule has 194 valence electrons. The minimum Gasteiger partial charge on any atom is -0.458 e. The number of carbonyl (C=O) groups excluding carboxylic acids is 3. The summed E-state index contributed by atoms with van der Waals surface area (Å²) in [5.74, 6) is -3.35. The van der Waals surface area contributed by atoms with Gasteiger partial charge in [0.1, 0.15) is 11.7 Å². The number of aliphatic hydroxyl groups is 3. The summed E-state index contributed by atoms with van der Waals surface area (Å²) in [6, 6.07) is 0. The predicted octanol–water partition coefficient (Wildman–Crippen LogP) is 2.39. The molecule has 2 fully saturated rings. The maximum atomic E-state index is 13.0. The van der Waals surface area contributed by atoms with E-state index in [2.05, 4.69) is 0 Å². The van der Waals surface area contributed by atoms with Crippen LogP contribution in [0.1, 0.15) is 73.1 Å². The van der Waals surface area contributed by atoms with Gasteiger partial charge in [-0.05, 0) is 30.9 Å². The first-order chi connectivity index (χ1) is 16.3. The number of Topliss-reactive ketones (excluding diaryl/α,β-unsaturated/α-hetero) is 1. The van der Waals surface area contributed by atoms with Crippen LogP contribution >= 0.6 is 0 Å². The normalized spacial score (nSPS) is 41.0. The highest BCUT2D eigenvalue weighted by Gasteiger charge is 2.86. The van der Waals surface area contributed by atoms with E-state index in [1.807, 2.05) is 27.7 Å². The molecule has 0 aromatic carbocycles. The van der Waals surface area contributed by atoms with Gasteiger partial charge in [0.2, 0.25) is 0 Å². The maximum absolute atomic E-state index is 13.0. The van der Waals surface area contributed by atoms with Gasteiger partial charge >= 0.3 is 11.9 Å². The Morgan fingerprint density at radius 1 is 1.09 bits per heavy atom. The molecule has 3 N–H and O–H groups in total. The molecule has 8 heteroatoms. The molecule has 0 radical (unpaired) electrons. The monoisotopic (exact) mass is 490 g/mol. The van der Waals surface area contributed by atoms with E-state index in [9.17, 15) is 29.7 Å². The van der Waals surface area contributed by atoms with Gasteiger partial charge in [-0.3, -0.25) is 14.4 Å². The first-order valence-electron chi connectivity index (χ1n) is 12.7. The predicted molar refractivity (Wildman–Crippen MR) is 126 cm³/mol. The third-order valence-corrected chi connectivity index (χ3v) is 8.89. The highest BCUT2D eigenvalue weighted by molar-refractivity contribution is 6.04. The van der Waals surface area contributed by atoms with Crippen LogP contribution in [0.3, 0.4) is 0 Å². The zero-order valence-corrected chi connectivity index (χ0v) is 21.3. The van der Waals surface area contributed by atoms with Crippen LogP contribution in [0.2, 0.25) is 0 Å². The fourth-order valence-electron chi connectivity index (χ4n) is 7.29. The third-order valence-electron chi connectivity index (χ3n) is 8.89. The Labute approximate surface area is 206 Å². The van der Waals surface area contributed by atoms with Crippen LogP contribution < -0.4 is 0 Å². The van der Waals surface area contributed by atoms with E-state index in [4.69, 9.17) is 9.47 Å². The highest BCUT2D eigenvalue weighted by Crippen LogP contribution is 2.76. The van der Waals surface area contributed by atoms with Gasteiger partial charge in [0.05, 0.1) is 12.2 Å². The lowest BCUT2D eigenvalue weighted by molar-refractivity contribution is -0.207. The van der Waals surface area contributed by atoms with Crippen LogP contribution in [-0.2, 0) is 23.9 Å². The van der Waals surface area contributed by atoms with Crippen LogP contribution in [0.5, 0.6) is 0 Å². The summed E-state index contributed by atoms with van der Waals surface area (Å²) in [6.07, 6.45) is 3.79. The molecule has 0 heterocycles. The van der Waals surface area contributed by atoms with Crippen molar-refractivity contribution in [2.45, 2.75) is 96.1 Å². The van der Waals surface area contributed by atoms with Crippen molar-refractivity contribution in [2.75, 3.05) is 6.61 Å². The molecule has 8 nitrogen and oxygen atoms in total. The molecule has 4 aliphatic carbocycles. The van der Waals surface area contributed by atoms with E-state index in [0.717, 1.165) is 0 Å². The summed E-state index contributed by atoms with van der Waals surface area (Å²) >= 11 is 0. The zero-order chi connectivity index (χ0) is 26.0. The van der Waals surface area contributed by atoms with Crippen molar-refractivity contribution >= 4 is 17.7 Å². The molecule has 0 spiro atoms. The highest BCUT2D eigenvalue weighted by atomic mass is 16.6. The Bertz CT molecular complexity index is 995. The fraction of sp³-hybridized carbons (Fsp3) is 0.741. The number of rotatable bonds is 7. The first kappa shape index (κ1) is 26.0. The molecular weight excluding hydrogens is 452 g/mol. The van der Waals surface area contributed by atoms with Crippen molar-refractivity contribution in [1.82, 2.24) is 0 Å². The Morgan fingerprint density at radius 3 is 2.31 bits per heavy atom. The lowest BCUT2D eigenvalue weighted by Gasteiger charge is -2.49. The summed E-state index contributed by atoms with van der Waals surface area (Å²) in [5, 5.41) is 34.0. The van der Waals surface area contributed by atoms with Crippen molar-refractivity contribution < 1.29 is 39.2 Å². The van der Waals surface area contributed by atoms with Crippen molar-refractivity contribution in [3.05, 3.63) is 23.3 Å². The minimum atomic E-state index is -1.90. The Kier molecular flexibility index (Phi) is 6.34. The number of fused-ring (bicyclic) bond motifs is 5. The molecule has 0 amide bonds. The first-order valence-corrected chi connectivity index (χ1v) is 12.7. The number of hydrogen-bond acceptors (Lipinski definition) is 8. The van der Waals surface area contributed by atoms with Gasteiger partial charge in [-0.25, -0.2) is 0 Å². The van der Waals surface area contributed by atoms with Crippen molar-refractivity contribution in [2.24, 2.45) is 23.2 Å². The quantitative estimate of drug-likeness (QED) is 0.366. The Hall–Kier alpha value is -2.03. The van der Waals surface area contributed by atoms with E-state index >= 15 is 0 Å². The summed E-state index contributed by atoms with van der Waals surface area (Å²) in [4.78, 5) is 38.5. The van der Waals surface area contributed by atoms with Crippen LogP contribution in [0.25, 0.3) is 0 Å². The van der Waals surface area contributed by atoms with Gasteiger partial charge in [-0.2, -0.15) is 0 Å². The average molecular weight is 491 g/mol. The van der Waals surface area contributed by atoms with E-state index in [0.29, 0.717) is 24.0 Å². The zero-order valence-electron chi connectivity index (χ0n) is 21.3. The molecule has 4 rings (SSSR count). The van der Waals surface area contributed by atoms with E-state index in [1.165, 1.54) is 0 Å². The summed E-state index contributed by atoms with van der Waals surface area (Å²) < 4.78 is 12.0. The van der Waals surface area contributed by atoms with Gasteiger partial charge in [0.15, 0.2) is 11.4 Å². The fourth-order valence-corrected chi connectivity index (χ4v) is 7.29. The molecule has 0 unspecified atom stereocenters. The number of ether oxygens (including phenoxy) is 2. The molecule has 0 aliphatic heterocycles. The van der Waals surface area contributed by atoms with E-state index < -0.39 is 63.8 Å². The van der Waals surface area contributed by atoms with Crippen molar-refractivity contribution in [1.29, 1.82) is 0 Å². The van der Waals surface area contributed by atoms with Crippen LogP contribution in [-0.4, -0.2) is 62.6 Å². The Balaban J connectivity index is 1.86. The summed E-state index contributed by atoms with van der Waals surface area (Å²) in [6.45, 7) is 8.81. The molecule has 7 atom stereocenters. The SMILES string of the molecule is CCCC(=O)O[C@@H]1C[C@@]2(O)[C@@H](C=C(CO)C[C@]3(O)C(=O)C(C)=C[C@@H]23)[C@@H]2C(C)(C)[C@@]21OC(=O)CCC. The van der Waals surface area contributed by atoms with Gasteiger partial charge < -0.3 is 24.8 Å². The molecule has 0 aromatic heterocycles. The van der Waals surface area contributed by atoms with Gasteiger partial charge in [0.25, 0.3) is 0 Å². The van der Waals surface area contributed by atoms with E-state index in [1.54, 1.807) is 19.1 Å². The number of carbonyl (C=O) groups is 3. The molecule has 4 aliphatic rings. The smallest absolute Gasteiger partial charge is 0.306 e. The van der Waals surface area contributed by atoms with Gasteiger partial charge in [-0.1, -0.05) is 39.8 Å². The van der Waals surface area contributed by atoms with Crippen LogP contribution in [0.15, 0.2) is 23.3 Å². The molecule has 0 bridgehead atoms.